The number of H-pyrrole nitrogens is 1. The molecule has 0 unspecified atom stereocenters. The molecule has 0 aliphatic heterocycles. The highest BCUT2D eigenvalue weighted by Gasteiger charge is 2.30. The van der Waals surface area contributed by atoms with Crippen LogP contribution in [0.15, 0.2) is 53.0 Å². The maximum absolute atomic E-state index is 9.04. The van der Waals surface area contributed by atoms with E-state index in [1.165, 1.54) is 0 Å². The van der Waals surface area contributed by atoms with Gasteiger partial charge in [-0.25, -0.2) is 9.97 Å². The second kappa shape index (κ2) is 8.11. The van der Waals surface area contributed by atoms with Crippen molar-refractivity contribution in [2.75, 3.05) is 5.32 Å². The van der Waals surface area contributed by atoms with Crippen LogP contribution in [-0.2, 0) is 0 Å². The summed E-state index contributed by atoms with van der Waals surface area (Å²) in [6.07, 6.45) is 5.91. The molecule has 4 aromatic rings. The number of pyridine rings is 1. The number of anilines is 1. The third-order valence-electron chi connectivity index (χ3n) is 5.23. The van der Waals surface area contributed by atoms with E-state index >= 15 is 0 Å². The number of nitrogens with one attached hydrogen (secondary N) is 3. The van der Waals surface area contributed by atoms with Gasteiger partial charge in [-0.05, 0) is 56.0 Å². The molecular weight excluding hydrogens is 412 g/mol. The normalized spacial score (nSPS) is 18.1. The highest BCUT2D eigenvalue weighted by atomic mass is 32.2. The Kier molecular flexibility index (Phi) is 5.17. The van der Waals surface area contributed by atoms with Gasteiger partial charge in [-0.15, -0.1) is 11.3 Å². The summed E-state index contributed by atoms with van der Waals surface area (Å²) in [4.78, 5) is 13.5. The van der Waals surface area contributed by atoms with Gasteiger partial charge in [-0.2, -0.15) is 5.26 Å². The summed E-state index contributed by atoms with van der Waals surface area (Å²) >= 11 is 3.25. The van der Waals surface area contributed by atoms with Crippen molar-refractivity contribution in [2.24, 2.45) is 0 Å². The second-order valence-electron chi connectivity index (χ2n) is 7.45. The van der Waals surface area contributed by atoms with Gasteiger partial charge in [0.25, 0.3) is 0 Å². The van der Waals surface area contributed by atoms with E-state index in [1.54, 1.807) is 23.3 Å². The van der Waals surface area contributed by atoms with Gasteiger partial charge in [-0.3, -0.25) is 4.72 Å². The number of aromatic amines is 1. The van der Waals surface area contributed by atoms with Crippen LogP contribution in [0.2, 0.25) is 0 Å². The molecule has 1 fully saturated rings. The fourth-order valence-electron chi connectivity index (χ4n) is 3.62. The van der Waals surface area contributed by atoms with Crippen molar-refractivity contribution in [2.45, 2.75) is 36.7 Å². The monoisotopic (exact) mass is 432 g/mol. The quantitative estimate of drug-likeness (QED) is 0.367. The number of rotatable bonds is 6. The molecule has 0 bridgehead atoms. The van der Waals surface area contributed by atoms with Crippen LogP contribution < -0.4 is 10.0 Å². The average Bonchev–Trinajstić information content (AvgIpc) is 3.38. The lowest BCUT2D eigenvalue weighted by Crippen LogP contribution is -2.45. The number of benzene rings is 1. The van der Waals surface area contributed by atoms with E-state index in [1.807, 2.05) is 43.6 Å². The zero-order valence-electron chi connectivity index (χ0n) is 16.3. The molecular formula is C22H20N6S2. The Labute approximate surface area is 182 Å². The topological polar surface area (TPSA) is 89.4 Å². The van der Waals surface area contributed by atoms with Crippen molar-refractivity contribution < 1.29 is 0 Å². The molecule has 3 N–H and O–H groups in total. The van der Waals surface area contributed by atoms with Gasteiger partial charge in [0.05, 0.1) is 22.9 Å². The Morgan fingerprint density at radius 3 is 2.97 bits per heavy atom. The highest BCUT2D eigenvalue weighted by Crippen LogP contribution is 2.37. The van der Waals surface area contributed by atoms with Gasteiger partial charge in [0.15, 0.2) is 0 Å². The minimum Gasteiger partial charge on any atom is -0.381 e. The second-order valence-corrected chi connectivity index (χ2v) is 9.22. The van der Waals surface area contributed by atoms with Crippen molar-refractivity contribution in [3.8, 4) is 16.6 Å². The summed E-state index contributed by atoms with van der Waals surface area (Å²) in [5, 5.41) is 16.9. The molecule has 6 nitrogen and oxygen atoms in total. The van der Waals surface area contributed by atoms with E-state index in [0.29, 0.717) is 17.6 Å². The fraction of sp³-hybridized carbons (Fsp3) is 0.227. The van der Waals surface area contributed by atoms with Crippen molar-refractivity contribution >= 4 is 40.0 Å². The average molecular weight is 433 g/mol. The zero-order chi connectivity index (χ0) is 20.5. The fourth-order valence-corrected chi connectivity index (χ4v) is 5.26. The molecule has 0 atom stereocenters. The molecule has 0 radical (unpaired) electrons. The Morgan fingerprint density at radius 1 is 1.27 bits per heavy atom. The molecule has 5 rings (SSSR count). The van der Waals surface area contributed by atoms with E-state index in [-0.39, 0.29) is 0 Å². The first-order valence-electron chi connectivity index (χ1n) is 9.77. The van der Waals surface area contributed by atoms with Crippen LogP contribution >= 0.6 is 23.3 Å². The Bertz CT molecular complexity index is 1230. The van der Waals surface area contributed by atoms with Crippen molar-refractivity contribution in [3.05, 3.63) is 59.4 Å². The molecule has 150 valence electrons. The Hall–Kier alpha value is -2.86. The van der Waals surface area contributed by atoms with E-state index in [0.717, 1.165) is 50.7 Å². The Morgan fingerprint density at radius 2 is 2.17 bits per heavy atom. The predicted octanol–water partition coefficient (Wildman–Crippen LogP) is 5.11. The Balaban J connectivity index is 1.27. The smallest absolute Gasteiger partial charge is 0.139 e. The summed E-state index contributed by atoms with van der Waals surface area (Å²) in [6.45, 7) is 2.02. The van der Waals surface area contributed by atoms with Gasteiger partial charge >= 0.3 is 0 Å². The maximum atomic E-state index is 9.04. The summed E-state index contributed by atoms with van der Waals surface area (Å²) in [6, 6.07) is 12.8. The third kappa shape index (κ3) is 3.79. The third-order valence-corrected chi connectivity index (χ3v) is 7.16. The van der Waals surface area contributed by atoms with Crippen LogP contribution in [0.4, 0.5) is 5.69 Å². The zero-order valence-corrected chi connectivity index (χ0v) is 18.0. The lowest BCUT2D eigenvalue weighted by molar-refractivity contribution is 0.355. The molecule has 1 aliphatic rings. The number of fused-ring (bicyclic) bond motifs is 1. The number of nitriles is 1. The summed E-state index contributed by atoms with van der Waals surface area (Å²) in [5.41, 5.74) is 4.76. The van der Waals surface area contributed by atoms with Crippen LogP contribution in [0.25, 0.3) is 21.6 Å². The summed E-state index contributed by atoms with van der Waals surface area (Å²) in [5.74, 6) is 0. The van der Waals surface area contributed by atoms with Crippen LogP contribution in [0, 0.1) is 18.3 Å². The predicted molar refractivity (Wildman–Crippen MR) is 123 cm³/mol. The van der Waals surface area contributed by atoms with Gasteiger partial charge in [-0.1, -0.05) is 6.07 Å². The molecule has 1 saturated carbocycles. The van der Waals surface area contributed by atoms with Crippen LogP contribution in [0.5, 0.6) is 0 Å². The van der Waals surface area contributed by atoms with Gasteiger partial charge in [0, 0.05) is 45.8 Å². The number of hydrogen-bond acceptors (Lipinski definition) is 7. The van der Waals surface area contributed by atoms with Crippen LogP contribution in [-0.4, -0.2) is 27.0 Å². The van der Waals surface area contributed by atoms with E-state index in [2.05, 4.69) is 42.5 Å². The maximum Gasteiger partial charge on any atom is 0.139 e. The largest absolute Gasteiger partial charge is 0.381 e. The molecule has 0 amide bonds. The number of thiazole rings is 1. The molecule has 3 aromatic heterocycles. The van der Waals surface area contributed by atoms with Crippen LogP contribution in [0.1, 0.15) is 24.1 Å². The van der Waals surface area contributed by atoms with Gasteiger partial charge in [0.2, 0.25) is 0 Å². The van der Waals surface area contributed by atoms with E-state index in [4.69, 9.17) is 5.26 Å². The molecule has 3 heterocycles. The van der Waals surface area contributed by atoms with E-state index < -0.39 is 0 Å². The minimum atomic E-state index is 0.397. The molecule has 0 spiro atoms. The number of aryl methyl sites for hydroxylation is 1. The lowest BCUT2D eigenvalue weighted by Gasteiger charge is -2.37. The van der Waals surface area contributed by atoms with Crippen molar-refractivity contribution in [1.82, 2.24) is 19.7 Å². The summed E-state index contributed by atoms with van der Waals surface area (Å²) < 4.78 is 3.52. The number of aromatic nitrogens is 3. The van der Waals surface area contributed by atoms with Gasteiger partial charge in [0.1, 0.15) is 10.7 Å². The molecule has 1 aliphatic carbocycles. The highest BCUT2D eigenvalue weighted by molar-refractivity contribution is 7.97. The van der Waals surface area contributed by atoms with Gasteiger partial charge < -0.3 is 10.3 Å². The lowest BCUT2D eigenvalue weighted by atomic mass is 9.87. The van der Waals surface area contributed by atoms with E-state index in [9.17, 15) is 0 Å². The number of hydrogen-bond donors (Lipinski definition) is 3. The number of nitrogens with zero attached hydrogens (tertiary/aromatic N) is 3. The first kappa shape index (κ1) is 19.1. The molecule has 8 heteroatoms. The van der Waals surface area contributed by atoms with Crippen LogP contribution in [0.3, 0.4) is 0 Å². The molecule has 0 saturated heterocycles. The first-order valence-corrected chi connectivity index (χ1v) is 11.5. The SMILES string of the molecule is Cc1csc(-c2cnc3[nH]ccc3c2N[C@H]2C[C@@H](NSc3cccc(C#N)c3)C2)n1. The van der Waals surface area contributed by atoms with Crippen molar-refractivity contribution in [1.29, 1.82) is 5.26 Å². The first-order chi connectivity index (χ1) is 14.7. The minimum absolute atomic E-state index is 0.397. The standard InChI is InChI=1S/C22H20N6S2/c1-13-12-29-22(26-13)19-11-25-21-18(5-6-24-21)20(19)27-15-8-16(9-15)28-30-17-4-2-3-14(7-17)10-23/h2-7,11-12,15-16,28H,8-9H2,1H3,(H2,24,25,27)/t15-,16+. The molecule has 30 heavy (non-hydrogen) atoms. The molecule has 1 aromatic carbocycles. The van der Waals surface area contributed by atoms with Crippen molar-refractivity contribution in [3.63, 3.8) is 0 Å². The summed E-state index contributed by atoms with van der Waals surface area (Å²) in [7, 11) is 0.